The zero-order valence-corrected chi connectivity index (χ0v) is 18.9. The third-order valence-electron chi connectivity index (χ3n) is 5.25. The van der Waals surface area contributed by atoms with Crippen LogP contribution in [-0.4, -0.2) is 65.2 Å². The summed E-state index contributed by atoms with van der Waals surface area (Å²) < 4.78 is 16.5. The minimum Gasteiger partial charge on any atom is -0.385 e. The third-order valence-corrected chi connectivity index (χ3v) is 5.25. The molecule has 1 aliphatic heterocycles. The van der Waals surface area contributed by atoms with Gasteiger partial charge in [0, 0.05) is 46.6 Å². The first-order valence-electron chi connectivity index (χ1n) is 9.98. The van der Waals surface area contributed by atoms with Crippen molar-refractivity contribution >= 4 is 29.9 Å². The van der Waals surface area contributed by atoms with Crippen LogP contribution in [0.25, 0.3) is 0 Å². The smallest absolute Gasteiger partial charge is 0.191 e. The molecule has 1 saturated heterocycles. The lowest BCUT2D eigenvalue weighted by Crippen LogP contribution is -2.40. The van der Waals surface area contributed by atoms with Crippen molar-refractivity contribution in [2.45, 2.75) is 58.0 Å². The number of nitrogens with one attached hydrogen (secondary N) is 2. The van der Waals surface area contributed by atoms with Gasteiger partial charge in [0.2, 0.25) is 0 Å². The summed E-state index contributed by atoms with van der Waals surface area (Å²) in [6, 6.07) is 0. The molecule has 0 aromatic rings. The second-order valence-corrected chi connectivity index (χ2v) is 7.28. The summed E-state index contributed by atoms with van der Waals surface area (Å²) in [6.07, 6.45) is 8.59. The molecule has 1 saturated carbocycles. The van der Waals surface area contributed by atoms with E-state index in [1.807, 2.05) is 0 Å². The number of guanidine groups is 1. The molecule has 2 rings (SSSR count). The van der Waals surface area contributed by atoms with Crippen LogP contribution in [0.3, 0.4) is 0 Å². The Kier molecular flexibility index (Phi) is 12.8. The molecule has 1 atom stereocenters. The van der Waals surface area contributed by atoms with Crippen molar-refractivity contribution in [2.24, 2.45) is 10.4 Å². The van der Waals surface area contributed by atoms with Gasteiger partial charge in [-0.05, 0) is 50.9 Å². The highest BCUT2D eigenvalue weighted by Crippen LogP contribution is 2.44. The zero-order valence-electron chi connectivity index (χ0n) is 16.6. The average Bonchev–Trinajstić information content (AvgIpc) is 3.10. The molecule has 0 amide bonds. The van der Waals surface area contributed by atoms with E-state index >= 15 is 0 Å². The largest absolute Gasteiger partial charge is 0.385 e. The lowest BCUT2D eigenvalue weighted by molar-refractivity contribution is 0.0168. The van der Waals surface area contributed by atoms with Gasteiger partial charge in [-0.3, -0.25) is 4.99 Å². The monoisotopic (exact) mass is 483 g/mol. The molecule has 1 unspecified atom stereocenters. The van der Waals surface area contributed by atoms with Crippen LogP contribution in [0.4, 0.5) is 0 Å². The Balaban J connectivity index is 0.00000338. The van der Waals surface area contributed by atoms with Crippen LogP contribution < -0.4 is 10.6 Å². The minimum atomic E-state index is 0. The summed E-state index contributed by atoms with van der Waals surface area (Å²) in [7, 11) is 1.78. The molecule has 26 heavy (non-hydrogen) atoms. The normalized spacial score (nSPS) is 21.8. The number of hydrogen-bond acceptors (Lipinski definition) is 4. The van der Waals surface area contributed by atoms with Gasteiger partial charge in [-0.15, -0.1) is 24.0 Å². The Labute approximate surface area is 176 Å². The molecule has 1 heterocycles. The molecule has 1 aliphatic carbocycles. The topological polar surface area (TPSA) is 64.1 Å². The van der Waals surface area contributed by atoms with Crippen molar-refractivity contribution in [3.63, 3.8) is 0 Å². The Morgan fingerprint density at radius 3 is 2.69 bits per heavy atom. The maximum Gasteiger partial charge on any atom is 0.191 e. The Hall–Kier alpha value is -0.120. The molecule has 0 radical (unpaired) electrons. The highest BCUT2D eigenvalue weighted by molar-refractivity contribution is 14.0. The Morgan fingerprint density at radius 1 is 1.23 bits per heavy atom. The highest BCUT2D eigenvalue weighted by Gasteiger charge is 2.36. The van der Waals surface area contributed by atoms with Gasteiger partial charge < -0.3 is 24.8 Å². The number of nitrogens with zero attached hydrogens (tertiary/aromatic N) is 1. The van der Waals surface area contributed by atoms with Crippen LogP contribution >= 0.6 is 24.0 Å². The number of methoxy groups -OCH3 is 1. The van der Waals surface area contributed by atoms with Gasteiger partial charge in [0.15, 0.2) is 5.96 Å². The highest BCUT2D eigenvalue weighted by atomic mass is 127. The molecular weight excluding hydrogens is 445 g/mol. The van der Waals surface area contributed by atoms with E-state index in [0.29, 0.717) is 11.5 Å². The quantitative estimate of drug-likeness (QED) is 0.194. The number of rotatable bonds is 12. The van der Waals surface area contributed by atoms with Crippen LogP contribution in [0.15, 0.2) is 4.99 Å². The minimum absolute atomic E-state index is 0. The van der Waals surface area contributed by atoms with Crippen molar-refractivity contribution < 1.29 is 14.2 Å². The second kappa shape index (κ2) is 14.0. The first kappa shape index (κ1) is 23.9. The van der Waals surface area contributed by atoms with Crippen LogP contribution in [0.5, 0.6) is 0 Å². The van der Waals surface area contributed by atoms with Crippen LogP contribution in [0.1, 0.15) is 51.9 Å². The SMILES string of the molecule is CCNC(=NCC1(CCOC)CCC1)NCCCOCC1CCCO1.I. The zero-order chi connectivity index (χ0) is 17.8. The lowest BCUT2D eigenvalue weighted by Gasteiger charge is -2.40. The van der Waals surface area contributed by atoms with Crippen molar-refractivity contribution in [1.82, 2.24) is 10.6 Å². The summed E-state index contributed by atoms with van der Waals surface area (Å²) in [5, 5.41) is 6.76. The Morgan fingerprint density at radius 2 is 2.08 bits per heavy atom. The first-order valence-corrected chi connectivity index (χ1v) is 9.98. The summed E-state index contributed by atoms with van der Waals surface area (Å²) >= 11 is 0. The van der Waals surface area contributed by atoms with Crippen molar-refractivity contribution in [3.05, 3.63) is 0 Å². The summed E-state index contributed by atoms with van der Waals surface area (Å²) in [6.45, 7) is 7.98. The third kappa shape index (κ3) is 8.71. The Bertz CT molecular complexity index is 386. The van der Waals surface area contributed by atoms with Gasteiger partial charge in [0.1, 0.15) is 0 Å². The van der Waals surface area contributed by atoms with Gasteiger partial charge >= 0.3 is 0 Å². The van der Waals surface area contributed by atoms with E-state index in [1.54, 1.807) is 7.11 Å². The van der Waals surface area contributed by atoms with E-state index < -0.39 is 0 Å². The van der Waals surface area contributed by atoms with E-state index in [-0.39, 0.29) is 24.0 Å². The maximum absolute atomic E-state index is 5.71. The predicted molar refractivity (Wildman–Crippen MR) is 117 cm³/mol. The van der Waals surface area contributed by atoms with Gasteiger partial charge in [0.05, 0.1) is 12.7 Å². The average molecular weight is 483 g/mol. The van der Waals surface area contributed by atoms with Crippen molar-refractivity contribution in [1.29, 1.82) is 0 Å². The lowest BCUT2D eigenvalue weighted by atomic mass is 9.67. The molecule has 154 valence electrons. The fraction of sp³-hybridized carbons (Fsp3) is 0.947. The predicted octanol–water partition coefficient (Wildman–Crippen LogP) is 2.95. The van der Waals surface area contributed by atoms with Crippen LogP contribution in [0, 0.1) is 5.41 Å². The summed E-state index contributed by atoms with van der Waals surface area (Å²) in [4.78, 5) is 4.82. The maximum atomic E-state index is 5.71. The number of hydrogen-bond donors (Lipinski definition) is 2. The summed E-state index contributed by atoms with van der Waals surface area (Å²) in [5.41, 5.74) is 0.364. The number of ether oxygens (including phenoxy) is 3. The number of halogens is 1. The molecule has 2 fully saturated rings. The van der Waals surface area contributed by atoms with Crippen LogP contribution in [0.2, 0.25) is 0 Å². The fourth-order valence-electron chi connectivity index (χ4n) is 3.44. The molecular formula is C19H38IN3O3. The van der Waals surface area contributed by atoms with E-state index in [1.165, 1.54) is 25.7 Å². The molecule has 6 nitrogen and oxygen atoms in total. The van der Waals surface area contributed by atoms with Crippen molar-refractivity contribution in [2.75, 3.05) is 53.2 Å². The molecule has 0 aromatic heterocycles. The second-order valence-electron chi connectivity index (χ2n) is 7.28. The van der Waals surface area contributed by atoms with Gasteiger partial charge in [-0.2, -0.15) is 0 Å². The molecule has 0 bridgehead atoms. The number of aliphatic imine (C=N–C) groups is 1. The first-order chi connectivity index (χ1) is 12.3. The van der Waals surface area contributed by atoms with E-state index in [9.17, 15) is 0 Å². The van der Waals surface area contributed by atoms with E-state index in [0.717, 1.165) is 71.3 Å². The molecule has 2 N–H and O–H groups in total. The van der Waals surface area contributed by atoms with Gasteiger partial charge in [-0.25, -0.2) is 0 Å². The molecule has 0 spiro atoms. The fourth-order valence-corrected chi connectivity index (χ4v) is 3.44. The molecule has 0 aromatic carbocycles. The van der Waals surface area contributed by atoms with Gasteiger partial charge in [-0.1, -0.05) is 6.42 Å². The van der Waals surface area contributed by atoms with E-state index in [2.05, 4.69) is 17.6 Å². The standard InChI is InChI=1S/C19H37N3O3.HI/c1-3-20-18(22-16-19(8-5-9-19)10-14-23-2)21-11-6-12-24-15-17-7-4-13-25-17;/h17H,3-16H2,1-2H3,(H2,20,21,22);1H. The molecule has 7 heteroatoms. The summed E-state index contributed by atoms with van der Waals surface area (Å²) in [5.74, 6) is 0.922. The van der Waals surface area contributed by atoms with E-state index in [4.69, 9.17) is 19.2 Å². The van der Waals surface area contributed by atoms with Crippen LogP contribution in [-0.2, 0) is 14.2 Å². The van der Waals surface area contributed by atoms with Gasteiger partial charge in [0.25, 0.3) is 0 Å². The van der Waals surface area contributed by atoms with Crippen molar-refractivity contribution in [3.8, 4) is 0 Å². The molecule has 2 aliphatic rings.